The van der Waals surface area contributed by atoms with E-state index in [9.17, 15) is 19.5 Å². The highest BCUT2D eigenvalue weighted by Gasteiger charge is 2.50. The minimum absolute atomic E-state index is 0.415. The average Bonchev–Trinajstić information content (AvgIpc) is 2.50. The first-order chi connectivity index (χ1) is 12.3. The molecule has 0 spiro atoms. The van der Waals surface area contributed by atoms with E-state index in [4.69, 9.17) is 59.2 Å². The quantitative estimate of drug-likeness (QED) is 0.237. The van der Waals surface area contributed by atoms with Gasteiger partial charge in [0, 0.05) is 20.8 Å². The van der Waals surface area contributed by atoms with Gasteiger partial charge in [-0.05, 0) is 0 Å². The lowest BCUT2D eigenvalue weighted by Gasteiger charge is -2.43. The van der Waals surface area contributed by atoms with Crippen molar-refractivity contribution in [3.8, 4) is 0 Å². The average molecular weight is 450 g/mol. The zero-order chi connectivity index (χ0) is 20.9. The number of hydrogen-bond donors (Lipinski definition) is 3. The summed E-state index contributed by atoms with van der Waals surface area (Å²) in [5.41, 5.74) is 0. The number of ether oxygens (including phenoxy) is 4. The van der Waals surface area contributed by atoms with E-state index in [-0.39, 0.29) is 0 Å². The molecule has 1 rings (SSSR count). The Bertz CT molecular complexity index is 597. The highest BCUT2D eigenvalue weighted by molar-refractivity contribution is 6.76. The number of alkyl halides is 3. The molecule has 0 aromatic heterocycles. The van der Waals surface area contributed by atoms with E-state index < -0.39 is 64.8 Å². The van der Waals surface area contributed by atoms with Crippen LogP contribution in [0.5, 0.6) is 0 Å². The summed E-state index contributed by atoms with van der Waals surface area (Å²) in [5.74, 6) is -2.82. The molecule has 1 heterocycles. The molecule has 13 heteroatoms. The van der Waals surface area contributed by atoms with E-state index in [0.717, 1.165) is 13.8 Å². The zero-order valence-corrected chi connectivity index (χ0v) is 16.8. The summed E-state index contributed by atoms with van der Waals surface area (Å²) in [4.78, 5) is 34.0. The van der Waals surface area contributed by atoms with Gasteiger partial charge in [0.05, 0.1) is 0 Å². The molecule has 0 aromatic rings. The van der Waals surface area contributed by atoms with Crippen LogP contribution in [0.1, 0.15) is 20.8 Å². The van der Waals surface area contributed by atoms with Crippen molar-refractivity contribution in [2.45, 2.75) is 55.2 Å². The van der Waals surface area contributed by atoms with Crippen LogP contribution in [0.15, 0.2) is 0 Å². The van der Waals surface area contributed by atoms with E-state index >= 15 is 0 Å². The third-order valence-corrected chi connectivity index (χ3v) is 3.80. The number of hydrogen-bond acceptors (Lipinski definition) is 9. The van der Waals surface area contributed by atoms with Crippen molar-refractivity contribution in [1.29, 1.82) is 5.41 Å². The molecule has 5 atom stereocenters. The fourth-order valence-corrected chi connectivity index (χ4v) is 2.39. The fraction of sp³-hybridized carbons (Fsp3) is 0.714. The number of carbonyl (C=O) groups is 3. The Balaban J connectivity index is 3.17. The lowest BCUT2D eigenvalue weighted by molar-refractivity contribution is -0.255. The molecule has 0 unspecified atom stereocenters. The third-order valence-electron chi connectivity index (χ3n) is 3.29. The molecule has 10 nitrogen and oxygen atoms in total. The van der Waals surface area contributed by atoms with Crippen LogP contribution < -0.4 is 5.32 Å². The molecular formula is C14H19Cl3N2O8. The lowest BCUT2D eigenvalue weighted by Crippen LogP contribution is -2.66. The van der Waals surface area contributed by atoms with Gasteiger partial charge < -0.3 is 29.4 Å². The number of esters is 2. The molecule has 0 bridgehead atoms. The van der Waals surface area contributed by atoms with Gasteiger partial charge in [-0.3, -0.25) is 19.8 Å². The van der Waals surface area contributed by atoms with E-state index in [0.29, 0.717) is 0 Å². The molecule has 3 N–H and O–H groups in total. The van der Waals surface area contributed by atoms with Crippen LogP contribution >= 0.6 is 34.8 Å². The first-order valence-corrected chi connectivity index (χ1v) is 8.70. The van der Waals surface area contributed by atoms with Crippen molar-refractivity contribution in [2.75, 3.05) is 6.61 Å². The number of rotatable bonds is 5. The zero-order valence-electron chi connectivity index (χ0n) is 14.5. The molecule has 1 aliphatic heterocycles. The summed E-state index contributed by atoms with van der Waals surface area (Å²) in [6.07, 6.45) is -5.55. The van der Waals surface area contributed by atoms with Crippen molar-refractivity contribution in [1.82, 2.24) is 5.32 Å². The van der Waals surface area contributed by atoms with Gasteiger partial charge in [-0.25, -0.2) is 0 Å². The van der Waals surface area contributed by atoms with Crippen LogP contribution in [0, 0.1) is 5.41 Å². The first-order valence-electron chi connectivity index (χ1n) is 7.56. The second kappa shape index (κ2) is 9.74. The third kappa shape index (κ3) is 7.30. The van der Waals surface area contributed by atoms with Crippen LogP contribution in [0.3, 0.4) is 0 Å². The molecule has 1 fully saturated rings. The maximum absolute atomic E-state index is 11.5. The standard InChI is InChI=1S/C14H19Cl3N2O8/c1-5(20)19-9-11(25-7(3)22)10(23)8(4-24-6(2)21)26-12(9)27-13(18)14(15,16)17/h8-12,18,23H,4H2,1-3H3,(H,19,20)/t8-,9-,10-,11-,12-/m1/s1. The van der Waals surface area contributed by atoms with E-state index in [2.05, 4.69) is 5.32 Å². The van der Waals surface area contributed by atoms with Gasteiger partial charge >= 0.3 is 11.9 Å². The minimum Gasteiger partial charge on any atom is -0.463 e. The van der Waals surface area contributed by atoms with Gasteiger partial charge in [-0.15, -0.1) is 0 Å². The van der Waals surface area contributed by atoms with E-state index in [1.165, 1.54) is 6.92 Å². The molecule has 0 saturated carbocycles. The second-order valence-electron chi connectivity index (χ2n) is 5.58. The minimum atomic E-state index is -2.23. The number of nitrogens with one attached hydrogen (secondary N) is 2. The Labute approximate surface area is 169 Å². The number of carbonyl (C=O) groups excluding carboxylic acids is 3. The van der Waals surface area contributed by atoms with Gasteiger partial charge in [0.15, 0.2) is 6.10 Å². The Morgan fingerprint density at radius 3 is 2.19 bits per heavy atom. The fourth-order valence-electron chi connectivity index (χ4n) is 2.26. The van der Waals surface area contributed by atoms with Crippen LogP contribution in [0.4, 0.5) is 0 Å². The maximum Gasteiger partial charge on any atom is 0.303 e. The van der Waals surface area contributed by atoms with Gasteiger partial charge in [-0.1, -0.05) is 34.8 Å². The molecule has 0 radical (unpaired) electrons. The van der Waals surface area contributed by atoms with Gasteiger partial charge in [0.1, 0.15) is 24.9 Å². The van der Waals surface area contributed by atoms with Gasteiger partial charge in [-0.2, -0.15) is 0 Å². The van der Waals surface area contributed by atoms with Crippen molar-refractivity contribution in [2.24, 2.45) is 0 Å². The number of amides is 1. The predicted octanol–water partition coefficient (Wildman–Crippen LogP) is 0.436. The molecule has 1 saturated heterocycles. The van der Waals surface area contributed by atoms with E-state index in [1.54, 1.807) is 0 Å². The molecule has 0 aliphatic carbocycles. The summed E-state index contributed by atoms with van der Waals surface area (Å²) < 4.78 is 18.3. The molecule has 1 amide bonds. The van der Waals surface area contributed by atoms with Crippen molar-refractivity contribution >= 4 is 58.5 Å². The predicted molar refractivity (Wildman–Crippen MR) is 93.6 cm³/mol. The molecular weight excluding hydrogens is 431 g/mol. The van der Waals surface area contributed by atoms with Crippen molar-refractivity contribution < 1.29 is 38.4 Å². The van der Waals surface area contributed by atoms with Gasteiger partial charge in [0.25, 0.3) is 3.79 Å². The maximum atomic E-state index is 11.5. The number of halogens is 3. The number of aliphatic hydroxyl groups excluding tert-OH is 1. The Morgan fingerprint density at radius 2 is 1.74 bits per heavy atom. The normalized spacial score (nSPS) is 28.0. The highest BCUT2D eigenvalue weighted by Crippen LogP contribution is 2.31. The largest absolute Gasteiger partial charge is 0.463 e. The number of aliphatic hydroxyl groups is 1. The van der Waals surface area contributed by atoms with Crippen molar-refractivity contribution in [3.05, 3.63) is 0 Å². The summed E-state index contributed by atoms with van der Waals surface area (Å²) in [6, 6.07) is -1.25. The summed E-state index contributed by atoms with van der Waals surface area (Å²) in [5, 5.41) is 20.5. The monoisotopic (exact) mass is 448 g/mol. The first kappa shape index (κ1) is 23.7. The Kier molecular flexibility index (Phi) is 8.55. The SMILES string of the molecule is CC(=O)N[C@H]1[C@@H](OC(=N)C(Cl)(Cl)Cl)O[C@H](COC(C)=O)[C@@H](O)[C@@H]1OC(C)=O. The lowest BCUT2D eigenvalue weighted by atomic mass is 9.96. The topological polar surface area (TPSA) is 144 Å². The van der Waals surface area contributed by atoms with Crippen molar-refractivity contribution in [3.63, 3.8) is 0 Å². The molecule has 27 heavy (non-hydrogen) atoms. The van der Waals surface area contributed by atoms with Crippen LogP contribution in [0.2, 0.25) is 0 Å². The second-order valence-corrected chi connectivity index (χ2v) is 7.86. The van der Waals surface area contributed by atoms with E-state index in [1.807, 2.05) is 0 Å². The summed E-state index contributed by atoms with van der Waals surface area (Å²) in [6.45, 7) is 2.99. The highest BCUT2D eigenvalue weighted by atomic mass is 35.6. The smallest absolute Gasteiger partial charge is 0.303 e. The summed E-state index contributed by atoms with van der Waals surface area (Å²) >= 11 is 16.7. The summed E-state index contributed by atoms with van der Waals surface area (Å²) in [7, 11) is 0. The molecule has 0 aromatic carbocycles. The molecule has 1 aliphatic rings. The van der Waals surface area contributed by atoms with Gasteiger partial charge in [0.2, 0.25) is 18.1 Å². The Hall–Kier alpha value is -1.33. The Morgan fingerprint density at radius 1 is 1.15 bits per heavy atom. The van der Waals surface area contributed by atoms with Crippen LogP contribution in [-0.2, 0) is 33.3 Å². The van der Waals surface area contributed by atoms with Crippen LogP contribution in [-0.4, -0.2) is 69.9 Å². The molecule has 154 valence electrons. The van der Waals surface area contributed by atoms with Crippen LogP contribution in [0.25, 0.3) is 0 Å².